The Labute approximate surface area is 109 Å². The molecule has 0 amide bonds. The number of hydrogen-bond donors (Lipinski definition) is 0. The fraction of sp³-hybridized carbons (Fsp3) is 0.615. The first-order valence-electron chi connectivity index (χ1n) is 6.33. The van der Waals surface area contributed by atoms with Crippen LogP contribution in [0.1, 0.15) is 18.4 Å². The second-order valence-corrected chi connectivity index (χ2v) is 5.15. The van der Waals surface area contributed by atoms with E-state index >= 15 is 0 Å². The molecule has 0 aromatic carbocycles. The molecular formula is C13H17F3N2O. The van der Waals surface area contributed by atoms with Crippen LogP contribution in [0.4, 0.5) is 13.2 Å². The average molecular weight is 274 g/mol. The molecule has 1 aromatic heterocycles. The number of alkyl halides is 3. The van der Waals surface area contributed by atoms with Crippen molar-refractivity contribution in [3.63, 3.8) is 0 Å². The first kappa shape index (κ1) is 14.1. The number of nitrogens with zero attached hydrogens (tertiary/aromatic N) is 2. The van der Waals surface area contributed by atoms with Crippen molar-refractivity contribution in [2.45, 2.75) is 25.6 Å². The van der Waals surface area contributed by atoms with E-state index in [0.717, 1.165) is 32.0 Å². The highest BCUT2D eigenvalue weighted by atomic mass is 19.4. The van der Waals surface area contributed by atoms with Gasteiger partial charge < -0.3 is 9.47 Å². The van der Waals surface area contributed by atoms with Gasteiger partial charge in [0.2, 0.25) is 0 Å². The molecule has 1 aromatic rings. The zero-order chi connectivity index (χ0) is 14.0. The summed E-state index contributed by atoms with van der Waals surface area (Å²) in [6, 6.07) is 2.13. The van der Waals surface area contributed by atoms with Gasteiger partial charge in [-0.2, -0.15) is 13.2 Å². The zero-order valence-electron chi connectivity index (χ0n) is 10.8. The third-order valence-corrected chi connectivity index (χ3v) is 3.50. The Morgan fingerprint density at radius 3 is 2.79 bits per heavy atom. The number of halogens is 3. The van der Waals surface area contributed by atoms with Crippen molar-refractivity contribution < 1.29 is 13.2 Å². The summed E-state index contributed by atoms with van der Waals surface area (Å²) >= 11 is 0. The highest BCUT2D eigenvalue weighted by Gasteiger charge is 2.34. The summed E-state index contributed by atoms with van der Waals surface area (Å²) in [7, 11) is 1.99. The van der Waals surface area contributed by atoms with Gasteiger partial charge in [0.25, 0.3) is 5.56 Å². The molecule has 19 heavy (non-hydrogen) atoms. The Kier molecular flexibility index (Phi) is 3.99. The van der Waals surface area contributed by atoms with Gasteiger partial charge >= 0.3 is 6.18 Å². The van der Waals surface area contributed by atoms with E-state index in [4.69, 9.17) is 0 Å². The van der Waals surface area contributed by atoms with E-state index in [2.05, 4.69) is 4.90 Å². The second kappa shape index (κ2) is 5.36. The van der Waals surface area contributed by atoms with Crippen LogP contribution in [0.25, 0.3) is 0 Å². The molecule has 1 fully saturated rings. The molecule has 1 saturated heterocycles. The fourth-order valence-electron chi connectivity index (χ4n) is 2.60. The summed E-state index contributed by atoms with van der Waals surface area (Å²) in [5, 5.41) is 0. The van der Waals surface area contributed by atoms with Crippen molar-refractivity contribution in [2.24, 2.45) is 5.92 Å². The van der Waals surface area contributed by atoms with Gasteiger partial charge in [0.05, 0.1) is 0 Å². The second-order valence-electron chi connectivity index (χ2n) is 5.15. The van der Waals surface area contributed by atoms with E-state index in [1.807, 2.05) is 7.05 Å². The van der Waals surface area contributed by atoms with Gasteiger partial charge in [0, 0.05) is 19.3 Å². The molecule has 0 aliphatic carbocycles. The van der Waals surface area contributed by atoms with Crippen molar-refractivity contribution in [1.29, 1.82) is 0 Å². The predicted molar refractivity (Wildman–Crippen MR) is 65.9 cm³/mol. The van der Waals surface area contributed by atoms with E-state index in [1.165, 1.54) is 16.8 Å². The highest BCUT2D eigenvalue weighted by Crippen LogP contribution is 2.26. The van der Waals surface area contributed by atoms with Gasteiger partial charge in [0.1, 0.15) is 5.56 Å². The summed E-state index contributed by atoms with van der Waals surface area (Å²) in [5.41, 5.74) is -2.03. The molecule has 3 nitrogen and oxygen atoms in total. The van der Waals surface area contributed by atoms with Crippen molar-refractivity contribution in [2.75, 3.05) is 20.1 Å². The minimum absolute atomic E-state index is 0.236. The van der Waals surface area contributed by atoms with Crippen LogP contribution in [-0.4, -0.2) is 29.6 Å². The summed E-state index contributed by atoms with van der Waals surface area (Å²) in [6.45, 7) is 2.18. The maximum atomic E-state index is 12.6. The van der Waals surface area contributed by atoms with Crippen LogP contribution in [0.5, 0.6) is 0 Å². The Morgan fingerprint density at radius 2 is 2.16 bits per heavy atom. The zero-order valence-corrected chi connectivity index (χ0v) is 10.8. The lowest BCUT2D eigenvalue weighted by molar-refractivity contribution is -0.139. The lowest BCUT2D eigenvalue weighted by Crippen LogP contribution is -2.37. The van der Waals surface area contributed by atoms with E-state index in [0.29, 0.717) is 6.54 Å². The lowest BCUT2D eigenvalue weighted by Gasteiger charge is -2.30. The Hall–Kier alpha value is -1.30. The lowest BCUT2D eigenvalue weighted by atomic mass is 9.98. The minimum Gasteiger partial charge on any atom is -0.315 e. The van der Waals surface area contributed by atoms with Crippen LogP contribution in [0.2, 0.25) is 0 Å². The number of aromatic nitrogens is 1. The summed E-state index contributed by atoms with van der Waals surface area (Å²) in [5.74, 6) is 0.236. The molecule has 0 spiro atoms. The summed E-state index contributed by atoms with van der Waals surface area (Å²) in [6.07, 6.45) is -1.17. The molecule has 1 unspecified atom stereocenters. The van der Waals surface area contributed by atoms with Crippen LogP contribution in [0.15, 0.2) is 23.1 Å². The normalized spacial score (nSPS) is 21.6. The molecule has 0 bridgehead atoms. The summed E-state index contributed by atoms with van der Waals surface area (Å²) in [4.78, 5) is 13.9. The van der Waals surface area contributed by atoms with Gasteiger partial charge in [-0.25, -0.2) is 0 Å². The van der Waals surface area contributed by atoms with E-state index in [9.17, 15) is 18.0 Å². The first-order valence-corrected chi connectivity index (χ1v) is 6.33. The maximum absolute atomic E-state index is 12.6. The SMILES string of the molecule is CN1CCCC(Cn2cccc(C(F)(F)F)c2=O)C1. The molecule has 1 aliphatic heterocycles. The van der Waals surface area contributed by atoms with Crippen molar-refractivity contribution in [3.8, 4) is 0 Å². The van der Waals surface area contributed by atoms with Gasteiger partial charge in [0.15, 0.2) is 0 Å². The first-order chi connectivity index (χ1) is 8.88. The van der Waals surface area contributed by atoms with Gasteiger partial charge in [-0.1, -0.05) is 0 Å². The number of rotatable bonds is 2. The Morgan fingerprint density at radius 1 is 1.42 bits per heavy atom. The van der Waals surface area contributed by atoms with Crippen LogP contribution >= 0.6 is 0 Å². The monoisotopic (exact) mass is 274 g/mol. The predicted octanol–water partition coefficient (Wildman–Crippen LogP) is 2.21. The van der Waals surface area contributed by atoms with E-state index < -0.39 is 17.3 Å². The van der Waals surface area contributed by atoms with Crippen LogP contribution in [0.3, 0.4) is 0 Å². The molecule has 2 heterocycles. The van der Waals surface area contributed by atoms with E-state index in [1.54, 1.807) is 0 Å². The molecule has 2 rings (SSSR count). The van der Waals surface area contributed by atoms with Crippen molar-refractivity contribution in [3.05, 3.63) is 34.2 Å². The number of pyridine rings is 1. The molecule has 1 atom stereocenters. The van der Waals surface area contributed by atoms with Crippen molar-refractivity contribution >= 4 is 0 Å². The van der Waals surface area contributed by atoms with Crippen molar-refractivity contribution in [1.82, 2.24) is 9.47 Å². The average Bonchev–Trinajstić information content (AvgIpc) is 2.30. The van der Waals surface area contributed by atoms with Gasteiger partial charge in [-0.3, -0.25) is 4.79 Å². The molecule has 0 saturated carbocycles. The summed E-state index contributed by atoms with van der Waals surface area (Å²) < 4.78 is 39.1. The molecule has 0 N–H and O–H groups in total. The van der Waals surface area contributed by atoms with Gasteiger partial charge in [-0.05, 0) is 44.5 Å². The van der Waals surface area contributed by atoms with Crippen LogP contribution in [0, 0.1) is 5.92 Å². The maximum Gasteiger partial charge on any atom is 0.421 e. The number of hydrogen-bond acceptors (Lipinski definition) is 2. The molecular weight excluding hydrogens is 257 g/mol. The molecule has 106 valence electrons. The topological polar surface area (TPSA) is 25.2 Å². The molecule has 0 radical (unpaired) electrons. The Bertz CT molecular complexity index is 495. The standard InChI is InChI=1S/C13H17F3N2O/c1-17-6-2-4-10(8-17)9-18-7-3-5-11(12(18)19)13(14,15)16/h3,5,7,10H,2,4,6,8-9H2,1H3. The Balaban J connectivity index is 2.19. The number of piperidine rings is 1. The van der Waals surface area contributed by atoms with Crippen LogP contribution in [-0.2, 0) is 12.7 Å². The highest BCUT2D eigenvalue weighted by molar-refractivity contribution is 5.14. The van der Waals surface area contributed by atoms with Gasteiger partial charge in [-0.15, -0.1) is 0 Å². The number of likely N-dealkylation sites (tertiary alicyclic amines) is 1. The molecule has 6 heteroatoms. The largest absolute Gasteiger partial charge is 0.421 e. The quantitative estimate of drug-likeness (QED) is 0.826. The fourth-order valence-corrected chi connectivity index (χ4v) is 2.60. The minimum atomic E-state index is -4.58. The smallest absolute Gasteiger partial charge is 0.315 e. The van der Waals surface area contributed by atoms with E-state index in [-0.39, 0.29) is 5.92 Å². The van der Waals surface area contributed by atoms with Crippen LogP contribution < -0.4 is 5.56 Å². The molecule has 1 aliphatic rings. The third-order valence-electron chi connectivity index (χ3n) is 3.50. The third kappa shape index (κ3) is 3.37.